The van der Waals surface area contributed by atoms with Crippen LogP contribution in [0.3, 0.4) is 0 Å². The maximum atomic E-state index is 3.78. The van der Waals surface area contributed by atoms with Gasteiger partial charge in [0.25, 0.3) is 0 Å². The van der Waals surface area contributed by atoms with Crippen LogP contribution < -0.4 is 5.32 Å². The second-order valence-corrected chi connectivity index (χ2v) is 8.43. The summed E-state index contributed by atoms with van der Waals surface area (Å²) >= 11 is 0. The van der Waals surface area contributed by atoms with E-state index in [0.29, 0.717) is 5.92 Å². The highest BCUT2D eigenvalue weighted by atomic mass is 15.1. The van der Waals surface area contributed by atoms with Crippen LogP contribution in [0.5, 0.6) is 0 Å². The first-order chi connectivity index (χ1) is 10.6. The third-order valence-corrected chi connectivity index (χ3v) is 4.17. The Balaban J connectivity index is 2.38. The van der Waals surface area contributed by atoms with E-state index in [-0.39, 0.29) is 11.1 Å². The van der Waals surface area contributed by atoms with Crippen molar-refractivity contribution < 1.29 is 0 Å². The van der Waals surface area contributed by atoms with E-state index in [1.165, 1.54) is 16.7 Å². The molecular weight excluding hydrogens is 280 g/mol. The van der Waals surface area contributed by atoms with Gasteiger partial charge in [-0.2, -0.15) is 0 Å². The topological polar surface area (TPSA) is 15.3 Å². The Morgan fingerprint density at radius 1 is 1.04 bits per heavy atom. The molecule has 0 fully saturated rings. The molecule has 1 aliphatic carbocycles. The van der Waals surface area contributed by atoms with Gasteiger partial charge in [-0.3, -0.25) is 0 Å². The van der Waals surface area contributed by atoms with Gasteiger partial charge < -0.3 is 10.2 Å². The van der Waals surface area contributed by atoms with Crippen LogP contribution in [0.25, 0.3) is 0 Å². The zero-order valence-corrected chi connectivity index (χ0v) is 15.8. The third kappa shape index (κ3) is 4.55. The van der Waals surface area contributed by atoms with Crippen LogP contribution in [0.1, 0.15) is 51.7 Å². The van der Waals surface area contributed by atoms with Crippen LogP contribution in [0, 0.1) is 0 Å². The molecule has 0 bridgehead atoms. The smallest absolute Gasteiger partial charge is 0.0384 e. The van der Waals surface area contributed by atoms with Crippen molar-refractivity contribution in [3.8, 4) is 0 Å². The second-order valence-electron chi connectivity index (χ2n) is 8.43. The number of likely N-dealkylation sites (N-methyl/N-ethyl adjacent to an activating group) is 1. The predicted octanol–water partition coefficient (Wildman–Crippen LogP) is 4.45. The second kappa shape index (κ2) is 6.62. The first kappa shape index (κ1) is 18.0. The van der Waals surface area contributed by atoms with E-state index in [2.05, 4.69) is 101 Å². The number of rotatable bonds is 5. The predicted molar refractivity (Wildman–Crippen MR) is 101 cm³/mol. The number of allylic oxidation sites excluding steroid dienone is 3. The normalized spacial score (nSPS) is 18.6. The molecular formula is C21H32N2. The van der Waals surface area contributed by atoms with E-state index >= 15 is 0 Å². The van der Waals surface area contributed by atoms with Crippen molar-refractivity contribution in [1.82, 2.24) is 10.2 Å². The van der Waals surface area contributed by atoms with Crippen molar-refractivity contribution in [2.45, 2.75) is 51.6 Å². The first-order valence-corrected chi connectivity index (χ1v) is 8.51. The van der Waals surface area contributed by atoms with Crippen molar-refractivity contribution in [3.63, 3.8) is 0 Å². The summed E-state index contributed by atoms with van der Waals surface area (Å²) in [5.74, 6) is 0.384. The Morgan fingerprint density at radius 3 is 2.30 bits per heavy atom. The van der Waals surface area contributed by atoms with Crippen LogP contribution in [0.15, 0.2) is 48.1 Å². The van der Waals surface area contributed by atoms with Crippen molar-refractivity contribution in [3.05, 3.63) is 59.2 Å². The van der Waals surface area contributed by atoms with Gasteiger partial charge >= 0.3 is 0 Å². The van der Waals surface area contributed by atoms with E-state index in [4.69, 9.17) is 0 Å². The summed E-state index contributed by atoms with van der Waals surface area (Å²) in [4.78, 5) is 2.24. The summed E-state index contributed by atoms with van der Waals surface area (Å²) in [6.45, 7) is 12.2. The molecule has 1 aromatic rings. The molecule has 2 heteroatoms. The highest BCUT2D eigenvalue weighted by Gasteiger charge is 2.30. The summed E-state index contributed by atoms with van der Waals surface area (Å²) in [5.41, 5.74) is 4.26. The number of hydrogen-bond acceptors (Lipinski definition) is 2. The minimum Gasteiger partial charge on any atom is -0.305 e. The lowest BCUT2D eigenvalue weighted by Gasteiger charge is -2.37. The molecule has 0 radical (unpaired) electrons. The molecule has 0 saturated carbocycles. The van der Waals surface area contributed by atoms with Gasteiger partial charge in [-0.05, 0) is 65.4 Å². The summed E-state index contributed by atoms with van der Waals surface area (Å²) in [7, 11) is 4.26. The van der Waals surface area contributed by atoms with Crippen LogP contribution in [0.4, 0.5) is 0 Å². The monoisotopic (exact) mass is 312 g/mol. The molecule has 0 amide bonds. The molecule has 1 atom stereocenters. The highest BCUT2D eigenvalue weighted by molar-refractivity contribution is 5.47. The summed E-state index contributed by atoms with van der Waals surface area (Å²) in [6.07, 6.45) is 6.79. The molecule has 1 N–H and O–H groups in total. The minimum atomic E-state index is -0.0749. The molecule has 1 aromatic carbocycles. The lowest BCUT2D eigenvalue weighted by atomic mass is 9.81. The van der Waals surface area contributed by atoms with E-state index in [1.807, 2.05) is 0 Å². The van der Waals surface area contributed by atoms with Gasteiger partial charge in [-0.25, -0.2) is 0 Å². The van der Waals surface area contributed by atoms with Crippen molar-refractivity contribution in [2.75, 3.05) is 20.6 Å². The van der Waals surface area contributed by atoms with Gasteiger partial charge in [-0.1, -0.05) is 42.5 Å². The minimum absolute atomic E-state index is 0.0738. The van der Waals surface area contributed by atoms with Crippen LogP contribution in [-0.4, -0.2) is 31.1 Å². The lowest BCUT2D eigenvalue weighted by molar-refractivity contribution is 0.285. The molecule has 0 spiro atoms. The molecule has 23 heavy (non-hydrogen) atoms. The van der Waals surface area contributed by atoms with Crippen molar-refractivity contribution in [2.24, 2.45) is 0 Å². The summed E-state index contributed by atoms with van der Waals surface area (Å²) in [5, 5.41) is 3.78. The molecule has 2 nitrogen and oxygen atoms in total. The van der Waals surface area contributed by atoms with Crippen molar-refractivity contribution >= 4 is 0 Å². The Labute approximate surface area is 142 Å². The average molecular weight is 313 g/mol. The van der Waals surface area contributed by atoms with Gasteiger partial charge in [-0.15, -0.1) is 0 Å². The molecule has 0 aromatic heterocycles. The Kier molecular flexibility index (Phi) is 5.17. The fourth-order valence-electron chi connectivity index (χ4n) is 3.68. The quantitative estimate of drug-likeness (QED) is 0.864. The highest BCUT2D eigenvalue weighted by Crippen LogP contribution is 2.37. The zero-order chi connectivity index (χ0) is 17.3. The summed E-state index contributed by atoms with van der Waals surface area (Å²) in [6, 6.07) is 8.86. The fourth-order valence-corrected chi connectivity index (χ4v) is 3.68. The molecule has 0 aliphatic heterocycles. The SMILES string of the molecule is CN(C)CC1=CC=CC1c1ccccc1C(C)(C)NC(C)(C)C. The van der Waals surface area contributed by atoms with Gasteiger partial charge in [0.1, 0.15) is 0 Å². The fraction of sp³-hybridized carbons (Fsp3) is 0.524. The van der Waals surface area contributed by atoms with Crippen LogP contribution >= 0.6 is 0 Å². The Morgan fingerprint density at radius 2 is 1.70 bits per heavy atom. The van der Waals surface area contributed by atoms with Gasteiger partial charge in [0.2, 0.25) is 0 Å². The van der Waals surface area contributed by atoms with Crippen LogP contribution in [0.2, 0.25) is 0 Å². The van der Waals surface area contributed by atoms with Crippen LogP contribution in [-0.2, 0) is 5.54 Å². The molecule has 1 unspecified atom stereocenters. The van der Waals surface area contributed by atoms with E-state index in [0.717, 1.165) is 6.54 Å². The molecule has 0 saturated heterocycles. The number of benzene rings is 1. The van der Waals surface area contributed by atoms with Crippen molar-refractivity contribution in [1.29, 1.82) is 0 Å². The van der Waals surface area contributed by atoms with E-state index < -0.39 is 0 Å². The standard InChI is InChI=1S/C21H32N2/c1-20(2,3)22-21(4,5)19-14-9-8-12-18(19)17-13-10-11-16(17)15-23(6)7/h8-14,17,22H,15H2,1-7H3. The number of hydrogen-bond donors (Lipinski definition) is 1. The molecule has 1 aliphatic rings. The maximum Gasteiger partial charge on any atom is 0.0384 e. The average Bonchev–Trinajstić information content (AvgIpc) is 2.83. The first-order valence-electron chi connectivity index (χ1n) is 8.51. The Bertz CT molecular complexity index is 601. The largest absolute Gasteiger partial charge is 0.305 e. The lowest BCUT2D eigenvalue weighted by Crippen LogP contribution is -2.48. The van der Waals surface area contributed by atoms with Gasteiger partial charge in [0.05, 0.1) is 0 Å². The van der Waals surface area contributed by atoms with E-state index in [9.17, 15) is 0 Å². The maximum absolute atomic E-state index is 3.78. The molecule has 126 valence electrons. The zero-order valence-electron chi connectivity index (χ0n) is 15.8. The Hall–Kier alpha value is -1.38. The van der Waals surface area contributed by atoms with Gasteiger partial charge in [0.15, 0.2) is 0 Å². The van der Waals surface area contributed by atoms with Gasteiger partial charge in [0, 0.05) is 23.5 Å². The molecule has 0 heterocycles. The molecule has 2 rings (SSSR count). The number of nitrogens with zero attached hydrogens (tertiary/aromatic N) is 1. The number of nitrogens with one attached hydrogen (secondary N) is 1. The van der Waals surface area contributed by atoms with E-state index in [1.54, 1.807) is 0 Å². The summed E-state index contributed by atoms with van der Waals surface area (Å²) < 4.78 is 0. The third-order valence-electron chi connectivity index (χ3n) is 4.17.